The van der Waals surface area contributed by atoms with Crippen LogP contribution in [0, 0.1) is 12.3 Å². The van der Waals surface area contributed by atoms with Crippen molar-refractivity contribution in [2.45, 2.75) is 11.8 Å². The zero-order valence-electron chi connectivity index (χ0n) is 10.9. The van der Waals surface area contributed by atoms with E-state index in [-0.39, 0.29) is 16.4 Å². The zero-order valence-corrected chi connectivity index (χ0v) is 11.7. The number of nitrogens with one attached hydrogen (secondary N) is 1. The molecule has 1 heterocycles. The van der Waals surface area contributed by atoms with Crippen molar-refractivity contribution in [1.82, 2.24) is 0 Å². The maximum atomic E-state index is 12.5. The minimum absolute atomic E-state index is 0.0505. The van der Waals surface area contributed by atoms with Crippen molar-refractivity contribution in [3.8, 4) is 0 Å². The molecule has 1 aliphatic heterocycles. The summed E-state index contributed by atoms with van der Waals surface area (Å²) < 4.78 is 12.5. The molecule has 1 aliphatic rings. The van der Waals surface area contributed by atoms with Gasteiger partial charge in [-0.15, -0.1) is 0 Å². The molecular formula is C16H13NO2S. The second kappa shape index (κ2) is 4.72. The summed E-state index contributed by atoms with van der Waals surface area (Å²) in [5.41, 5.74) is 2.35. The molecule has 2 aromatic carbocycles. The summed E-state index contributed by atoms with van der Waals surface area (Å²) in [5, 5.41) is 18.5. The van der Waals surface area contributed by atoms with Gasteiger partial charge in [-0.3, -0.25) is 5.41 Å². The average Bonchev–Trinajstić information content (AvgIpc) is 2.71. The van der Waals surface area contributed by atoms with Gasteiger partial charge in [0, 0.05) is 11.1 Å². The van der Waals surface area contributed by atoms with Gasteiger partial charge in [-0.1, -0.05) is 35.9 Å². The lowest BCUT2D eigenvalue weighted by atomic mass is 10.1. The molecule has 4 heteroatoms. The third-order valence-corrected chi connectivity index (χ3v) is 4.80. The molecule has 1 atom stereocenters. The van der Waals surface area contributed by atoms with Gasteiger partial charge in [0.25, 0.3) is 0 Å². The number of aryl methyl sites for hydroxylation is 1. The Balaban J connectivity index is 2.10. The van der Waals surface area contributed by atoms with Gasteiger partial charge in [0.05, 0.1) is 21.4 Å². The molecule has 20 heavy (non-hydrogen) atoms. The number of allylic oxidation sites excluding steroid dienone is 1. The number of aliphatic hydroxyl groups excluding tert-OH is 1. The molecule has 0 saturated heterocycles. The van der Waals surface area contributed by atoms with E-state index in [9.17, 15) is 9.32 Å². The molecule has 100 valence electrons. The van der Waals surface area contributed by atoms with Crippen LogP contribution in [0.5, 0.6) is 0 Å². The Morgan fingerprint density at radius 3 is 2.60 bits per heavy atom. The third kappa shape index (κ3) is 1.89. The van der Waals surface area contributed by atoms with Gasteiger partial charge in [0.2, 0.25) is 0 Å². The van der Waals surface area contributed by atoms with Crippen molar-refractivity contribution in [3.05, 3.63) is 70.1 Å². The molecule has 0 spiro atoms. The molecule has 0 radical (unpaired) electrons. The molecule has 0 amide bonds. The second-order valence-corrected chi connectivity index (χ2v) is 6.07. The van der Waals surface area contributed by atoms with Crippen molar-refractivity contribution >= 4 is 22.3 Å². The SMILES string of the molecule is Cc1cccc(C(=N)C2=C(O)c3ccccc3S2=O)c1. The minimum atomic E-state index is -1.50. The van der Waals surface area contributed by atoms with Crippen molar-refractivity contribution in [2.75, 3.05) is 0 Å². The summed E-state index contributed by atoms with van der Waals surface area (Å²) in [6.07, 6.45) is 0. The van der Waals surface area contributed by atoms with E-state index in [0.29, 0.717) is 16.0 Å². The Kier molecular flexibility index (Phi) is 3.03. The smallest absolute Gasteiger partial charge is 0.142 e. The maximum Gasteiger partial charge on any atom is 0.142 e. The van der Waals surface area contributed by atoms with Gasteiger partial charge < -0.3 is 5.11 Å². The lowest BCUT2D eigenvalue weighted by Crippen LogP contribution is -2.07. The fourth-order valence-corrected chi connectivity index (χ4v) is 3.66. The highest BCUT2D eigenvalue weighted by molar-refractivity contribution is 7.90. The molecule has 3 nitrogen and oxygen atoms in total. The molecular weight excluding hydrogens is 270 g/mol. The van der Waals surface area contributed by atoms with Crippen LogP contribution in [0.2, 0.25) is 0 Å². The highest BCUT2D eigenvalue weighted by atomic mass is 32.2. The summed E-state index contributed by atoms with van der Waals surface area (Å²) in [6.45, 7) is 1.94. The standard InChI is InChI=1S/C16H13NO2S/c1-10-5-4-6-11(9-10)14(17)16-15(18)12-7-2-3-8-13(12)20(16)19/h2-9,17-18H,1H3. The molecule has 0 fully saturated rings. The highest BCUT2D eigenvalue weighted by Gasteiger charge is 2.31. The highest BCUT2D eigenvalue weighted by Crippen LogP contribution is 2.36. The Morgan fingerprint density at radius 1 is 1.15 bits per heavy atom. The monoisotopic (exact) mass is 283 g/mol. The first-order valence-corrected chi connectivity index (χ1v) is 7.35. The van der Waals surface area contributed by atoms with Gasteiger partial charge in [-0.2, -0.15) is 0 Å². The third-order valence-electron chi connectivity index (χ3n) is 3.28. The van der Waals surface area contributed by atoms with Gasteiger partial charge >= 0.3 is 0 Å². The number of aliphatic hydroxyl groups is 1. The molecule has 1 unspecified atom stereocenters. The van der Waals surface area contributed by atoms with Gasteiger partial charge in [-0.25, -0.2) is 4.21 Å². The molecule has 2 aromatic rings. The van der Waals surface area contributed by atoms with E-state index in [2.05, 4.69) is 0 Å². The van der Waals surface area contributed by atoms with Gasteiger partial charge in [0.1, 0.15) is 10.7 Å². The predicted molar refractivity (Wildman–Crippen MR) is 80.4 cm³/mol. The van der Waals surface area contributed by atoms with Gasteiger partial charge in [-0.05, 0) is 25.1 Å². The van der Waals surface area contributed by atoms with Crippen LogP contribution in [0.1, 0.15) is 16.7 Å². The van der Waals surface area contributed by atoms with Crippen LogP contribution in [0.4, 0.5) is 0 Å². The fraction of sp³-hybridized carbons (Fsp3) is 0.0625. The lowest BCUT2D eigenvalue weighted by Gasteiger charge is -2.06. The molecule has 0 bridgehead atoms. The molecule has 3 rings (SSSR count). The van der Waals surface area contributed by atoms with E-state index in [0.717, 1.165) is 5.56 Å². The van der Waals surface area contributed by atoms with Crippen molar-refractivity contribution in [3.63, 3.8) is 0 Å². The Bertz CT molecular complexity index is 778. The van der Waals surface area contributed by atoms with E-state index in [1.165, 1.54) is 0 Å². The Hall–Kier alpha value is -2.20. The number of hydrogen-bond donors (Lipinski definition) is 2. The summed E-state index contributed by atoms with van der Waals surface area (Å²) >= 11 is 0. The summed E-state index contributed by atoms with van der Waals surface area (Å²) in [4.78, 5) is 0.759. The van der Waals surface area contributed by atoms with Crippen molar-refractivity contribution < 1.29 is 9.32 Å². The van der Waals surface area contributed by atoms with Crippen LogP contribution in [0.15, 0.2) is 58.3 Å². The largest absolute Gasteiger partial charge is 0.506 e. The van der Waals surface area contributed by atoms with Crippen molar-refractivity contribution in [2.24, 2.45) is 0 Å². The summed E-state index contributed by atoms with van der Waals surface area (Å²) in [7, 11) is -1.50. The first kappa shape index (κ1) is 12.8. The maximum absolute atomic E-state index is 12.5. The van der Waals surface area contributed by atoms with Crippen molar-refractivity contribution in [1.29, 1.82) is 5.41 Å². The van der Waals surface area contributed by atoms with Crippen LogP contribution in [-0.4, -0.2) is 15.0 Å². The van der Waals surface area contributed by atoms with Crippen LogP contribution in [0.25, 0.3) is 5.76 Å². The van der Waals surface area contributed by atoms with Crippen LogP contribution >= 0.6 is 0 Å². The minimum Gasteiger partial charge on any atom is -0.506 e. The number of hydrogen-bond acceptors (Lipinski definition) is 3. The van der Waals surface area contributed by atoms with E-state index in [1.807, 2.05) is 25.1 Å². The molecule has 0 aliphatic carbocycles. The van der Waals surface area contributed by atoms with Crippen LogP contribution in [-0.2, 0) is 10.8 Å². The lowest BCUT2D eigenvalue weighted by molar-refractivity contribution is 0.511. The normalized spacial score (nSPS) is 17.1. The second-order valence-electron chi connectivity index (χ2n) is 4.69. The molecule has 0 aromatic heterocycles. The first-order chi connectivity index (χ1) is 9.59. The topological polar surface area (TPSA) is 61.1 Å². The summed E-state index contributed by atoms with van der Waals surface area (Å²) in [5.74, 6) is -0.0505. The Morgan fingerprint density at radius 2 is 1.90 bits per heavy atom. The van der Waals surface area contributed by atoms with Gasteiger partial charge in [0.15, 0.2) is 0 Å². The summed E-state index contributed by atoms with van der Waals surface area (Å²) in [6, 6.07) is 14.4. The van der Waals surface area contributed by atoms with E-state index in [4.69, 9.17) is 5.41 Å². The number of rotatable bonds is 2. The average molecular weight is 283 g/mol. The number of fused-ring (bicyclic) bond motifs is 1. The zero-order chi connectivity index (χ0) is 14.3. The van der Waals surface area contributed by atoms with E-state index in [1.54, 1.807) is 30.3 Å². The van der Waals surface area contributed by atoms with E-state index < -0.39 is 10.8 Å². The number of benzene rings is 2. The van der Waals surface area contributed by atoms with Crippen LogP contribution in [0.3, 0.4) is 0 Å². The van der Waals surface area contributed by atoms with Crippen LogP contribution < -0.4 is 0 Å². The predicted octanol–water partition coefficient (Wildman–Crippen LogP) is 3.41. The molecule has 2 N–H and O–H groups in total. The first-order valence-electron chi connectivity index (χ1n) is 6.20. The van der Waals surface area contributed by atoms with E-state index >= 15 is 0 Å². The molecule has 0 saturated carbocycles. The quantitative estimate of drug-likeness (QED) is 0.830. The fourth-order valence-electron chi connectivity index (χ4n) is 2.29. The Labute approximate surface area is 119 Å².